The maximum absolute atomic E-state index is 8.88. The minimum Gasteiger partial charge on any atom is -0.383 e. The van der Waals surface area contributed by atoms with Crippen LogP contribution in [0.2, 0.25) is 0 Å². The van der Waals surface area contributed by atoms with Crippen molar-refractivity contribution in [3.63, 3.8) is 0 Å². The molecule has 14 heavy (non-hydrogen) atoms. The first kappa shape index (κ1) is 11.5. The number of rotatable bonds is 5. The molecule has 0 aromatic rings. The van der Waals surface area contributed by atoms with Gasteiger partial charge in [0.1, 0.15) is 0 Å². The lowest BCUT2D eigenvalue weighted by Gasteiger charge is -2.22. The van der Waals surface area contributed by atoms with Crippen molar-refractivity contribution < 1.29 is 4.74 Å². The summed E-state index contributed by atoms with van der Waals surface area (Å²) < 4.78 is 5.18. The van der Waals surface area contributed by atoms with Gasteiger partial charge in [-0.2, -0.15) is 5.26 Å². The highest BCUT2D eigenvalue weighted by atomic mass is 16.5. The second-order valence-electron chi connectivity index (χ2n) is 4.02. The molecule has 0 spiro atoms. The maximum Gasteiger partial charge on any atom is 0.0669 e. The second kappa shape index (κ2) is 6.00. The Morgan fingerprint density at radius 1 is 1.57 bits per heavy atom. The van der Waals surface area contributed by atoms with E-state index in [1.165, 1.54) is 12.8 Å². The molecule has 1 aliphatic heterocycles. The Morgan fingerprint density at radius 2 is 2.36 bits per heavy atom. The molecule has 0 bridgehead atoms. The average Bonchev–Trinajstić information content (AvgIpc) is 2.58. The number of unbranched alkanes of at least 4 members (excludes halogenated alkanes) is 1. The number of methoxy groups -OCH3 is 1. The van der Waals surface area contributed by atoms with Gasteiger partial charge in [-0.05, 0) is 19.4 Å². The molecule has 1 fully saturated rings. The summed E-state index contributed by atoms with van der Waals surface area (Å²) in [6.07, 6.45) is 3.42. The summed E-state index contributed by atoms with van der Waals surface area (Å²) in [5.74, 6) is 0.215. The summed E-state index contributed by atoms with van der Waals surface area (Å²) in [5.41, 5.74) is 0. The van der Waals surface area contributed by atoms with Crippen molar-refractivity contribution in [2.45, 2.75) is 32.2 Å². The molecule has 0 amide bonds. The third-order valence-electron chi connectivity index (χ3n) is 2.87. The summed E-state index contributed by atoms with van der Waals surface area (Å²) in [4.78, 5) is 2.40. The zero-order valence-corrected chi connectivity index (χ0v) is 9.20. The number of nitrogens with zero attached hydrogens (tertiary/aromatic N) is 2. The highest BCUT2D eigenvalue weighted by Crippen LogP contribution is 2.23. The molecule has 0 aliphatic carbocycles. The molecular formula is C11H20N2O. The number of hydrogen-bond donors (Lipinski definition) is 0. The molecule has 1 rings (SSSR count). The van der Waals surface area contributed by atoms with Crippen molar-refractivity contribution in [2.75, 3.05) is 26.8 Å². The van der Waals surface area contributed by atoms with Crippen molar-refractivity contribution in [1.29, 1.82) is 5.26 Å². The number of ether oxygens (including phenoxy) is 1. The number of hydrogen-bond acceptors (Lipinski definition) is 3. The fourth-order valence-corrected chi connectivity index (χ4v) is 2.08. The van der Waals surface area contributed by atoms with Crippen LogP contribution in [-0.2, 0) is 4.74 Å². The monoisotopic (exact) mass is 196 g/mol. The van der Waals surface area contributed by atoms with Gasteiger partial charge in [0.15, 0.2) is 0 Å². The Hall–Kier alpha value is -0.590. The Labute approximate surface area is 86.6 Å². The first-order chi connectivity index (χ1) is 6.81. The Balaban J connectivity index is 2.41. The van der Waals surface area contributed by atoms with Gasteiger partial charge in [0.25, 0.3) is 0 Å². The molecule has 1 saturated heterocycles. The van der Waals surface area contributed by atoms with Crippen molar-refractivity contribution in [2.24, 2.45) is 5.92 Å². The molecule has 1 aliphatic rings. The maximum atomic E-state index is 8.88. The summed E-state index contributed by atoms with van der Waals surface area (Å²) in [6.45, 7) is 5.01. The van der Waals surface area contributed by atoms with Crippen molar-refractivity contribution in [3.8, 4) is 6.07 Å². The van der Waals surface area contributed by atoms with E-state index in [2.05, 4.69) is 17.9 Å². The molecule has 80 valence electrons. The van der Waals surface area contributed by atoms with E-state index in [1.807, 2.05) is 0 Å². The molecular weight excluding hydrogens is 176 g/mol. The predicted octanol–water partition coefficient (Wildman–Crippen LogP) is 1.65. The van der Waals surface area contributed by atoms with E-state index in [4.69, 9.17) is 10.00 Å². The molecule has 3 heteroatoms. The van der Waals surface area contributed by atoms with Crippen LogP contribution in [-0.4, -0.2) is 37.7 Å². The molecule has 3 nitrogen and oxygen atoms in total. The Morgan fingerprint density at radius 3 is 2.93 bits per heavy atom. The molecule has 1 heterocycles. The molecule has 2 atom stereocenters. The number of nitriles is 1. The zero-order valence-electron chi connectivity index (χ0n) is 9.20. The van der Waals surface area contributed by atoms with E-state index >= 15 is 0 Å². The van der Waals surface area contributed by atoms with Gasteiger partial charge in [0.05, 0.1) is 18.6 Å². The lowest BCUT2D eigenvalue weighted by molar-refractivity contribution is 0.115. The minimum absolute atomic E-state index is 0.215. The van der Waals surface area contributed by atoms with Crippen LogP contribution in [0.5, 0.6) is 0 Å². The van der Waals surface area contributed by atoms with Gasteiger partial charge in [-0.25, -0.2) is 0 Å². The van der Waals surface area contributed by atoms with Crippen LogP contribution < -0.4 is 0 Å². The summed E-state index contributed by atoms with van der Waals surface area (Å²) in [7, 11) is 1.73. The molecule has 0 aromatic heterocycles. The van der Waals surface area contributed by atoms with Gasteiger partial charge in [0.2, 0.25) is 0 Å². The van der Waals surface area contributed by atoms with Gasteiger partial charge in [-0.15, -0.1) is 0 Å². The molecule has 2 unspecified atom stereocenters. The third kappa shape index (κ3) is 2.97. The largest absolute Gasteiger partial charge is 0.383 e. The van der Waals surface area contributed by atoms with Crippen molar-refractivity contribution in [3.05, 3.63) is 0 Å². The van der Waals surface area contributed by atoms with Gasteiger partial charge >= 0.3 is 0 Å². The van der Waals surface area contributed by atoms with Gasteiger partial charge in [-0.1, -0.05) is 13.3 Å². The van der Waals surface area contributed by atoms with E-state index < -0.39 is 0 Å². The Kier molecular flexibility index (Phi) is 4.92. The zero-order chi connectivity index (χ0) is 10.4. The molecule has 0 saturated carbocycles. The Bertz CT molecular complexity index is 200. The van der Waals surface area contributed by atoms with Gasteiger partial charge < -0.3 is 4.74 Å². The van der Waals surface area contributed by atoms with E-state index in [0.29, 0.717) is 6.04 Å². The van der Waals surface area contributed by atoms with Crippen LogP contribution in [0, 0.1) is 17.2 Å². The van der Waals surface area contributed by atoms with Crippen molar-refractivity contribution in [1.82, 2.24) is 4.90 Å². The van der Waals surface area contributed by atoms with Crippen LogP contribution in [0.3, 0.4) is 0 Å². The number of likely N-dealkylation sites (tertiary alicyclic amines) is 1. The lowest BCUT2D eigenvalue weighted by atomic mass is 10.1. The smallest absolute Gasteiger partial charge is 0.0669 e. The van der Waals surface area contributed by atoms with Gasteiger partial charge in [-0.3, -0.25) is 4.90 Å². The standard InChI is InChI=1S/C11H20N2O/c1-3-4-5-13-8-10(7-12)6-11(13)9-14-2/h10-11H,3-6,8-9H2,1-2H3. The van der Waals surface area contributed by atoms with Crippen LogP contribution in [0.15, 0.2) is 0 Å². The van der Waals surface area contributed by atoms with Crippen molar-refractivity contribution >= 4 is 0 Å². The lowest BCUT2D eigenvalue weighted by Crippen LogP contribution is -2.33. The van der Waals surface area contributed by atoms with E-state index in [0.717, 1.165) is 26.1 Å². The van der Waals surface area contributed by atoms with E-state index in [-0.39, 0.29) is 5.92 Å². The SMILES string of the molecule is CCCCN1CC(C#N)CC1COC. The summed E-state index contributed by atoms with van der Waals surface area (Å²) in [5, 5.41) is 8.88. The van der Waals surface area contributed by atoms with E-state index in [1.54, 1.807) is 7.11 Å². The molecule has 0 N–H and O–H groups in total. The van der Waals surface area contributed by atoms with Crippen LogP contribution >= 0.6 is 0 Å². The normalized spacial score (nSPS) is 27.8. The molecule has 0 aromatic carbocycles. The molecule has 0 radical (unpaired) electrons. The third-order valence-corrected chi connectivity index (χ3v) is 2.87. The van der Waals surface area contributed by atoms with Gasteiger partial charge in [0, 0.05) is 19.7 Å². The first-order valence-corrected chi connectivity index (χ1v) is 5.44. The minimum atomic E-state index is 0.215. The first-order valence-electron chi connectivity index (χ1n) is 5.44. The van der Waals surface area contributed by atoms with Crippen LogP contribution in [0.25, 0.3) is 0 Å². The van der Waals surface area contributed by atoms with E-state index in [9.17, 15) is 0 Å². The van der Waals surface area contributed by atoms with Crippen LogP contribution in [0.1, 0.15) is 26.2 Å². The fourth-order valence-electron chi connectivity index (χ4n) is 2.08. The van der Waals surface area contributed by atoms with Crippen LogP contribution in [0.4, 0.5) is 0 Å². The summed E-state index contributed by atoms with van der Waals surface area (Å²) >= 11 is 0. The quantitative estimate of drug-likeness (QED) is 0.670. The topological polar surface area (TPSA) is 36.3 Å². The highest BCUT2D eigenvalue weighted by Gasteiger charge is 2.31. The predicted molar refractivity (Wildman–Crippen MR) is 55.9 cm³/mol. The second-order valence-corrected chi connectivity index (χ2v) is 4.02. The fraction of sp³-hybridized carbons (Fsp3) is 0.909. The summed E-state index contributed by atoms with van der Waals surface area (Å²) in [6, 6.07) is 2.83. The average molecular weight is 196 g/mol. The highest BCUT2D eigenvalue weighted by molar-refractivity contribution is 4.95.